The molecular weight excluding hydrogens is 356 g/mol. The van der Waals surface area contributed by atoms with Gasteiger partial charge in [0, 0.05) is 31.5 Å². The van der Waals surface area contributed by atoms with Crippen LogP contribution in [0.15, 0.2) is 28.8 Å². The molecule has 28 heavy (non-hydrogen) atoms. The highest BCUT2D eigenvalue weighted by atomic mass is 16.3. The average molecular weight is 382 g/mol. The highest BCUT2D eigenvalue weighted by Crippen LogP contribution is 2.20. The molecule has 1 fully saturated rings. The van der Waals surface area contributed by atoms with Gasteiger partial charge in [0.05, 0.1) is 19.0 Å². The van der Waals surface area contributed by atoms with Crippen molar-refractivity contribution in [2.45, 2.75) is 51.7 Å². The maximum atomic E-state index is 12.5. The van der Waals surface area contributed by atoms with Gasteiger partial charge in [-0.2, -0.15) is 0 Å². The number of pyridine rings is 1. The normalized spacial score (nSPS) is 19.3. The van der Waals surface area contributed by atoms with Crippen LogP contribution in [-0.4, -0.2) is 40.8 Å². The van der Waals surface area contributed by atoms with E-state index in [2.05, 4.69) is 21.7 Å². The zero-order chi connectivity index (χ0) is 19.5. The Morgan fingerprint density at radius 2 is 2.29 bits per heavy atom. The van der Waals surface area contributed by atoms with E-state index in [0.717, 1.165) is 36.3 Å². The third-order valence-corrected chi connectivity index (χ3v) is 5.44. The summed E-state index contributed by atoms with van der Waals surface area (Å²) in [6, 6.07) is 5.47. The van der Waals surface area contributed by atoms with Crippen molar-refractivity contribution in [3.63, 3.8) is 0 Å². The van der Waals surface area contributed by atoms with Gasteiger partial charge in [-0.3, -0.25) is 19.5 Å². The van der Waals surface area contributed by atoms with Crippen LogP contribution in [0.4, 0.5) is 0 Å². The quantitative estimate of drug-likeness (QED) is 0.790. The number of amides is 2. The van der Waals surface area contributed by atoms with E-state index in [0.29, 0.717) is 26.2 Å². The lowest BCUT2D eigenvalue weighted by Crippen LogP contribution is -2.56. The average Bonchev–Trinajstić information content (AvgIpc) is 3.31. The zero-order valence-corrected chi connectivity index (χ0v) is 16.2. The molecule has 148 valence electrons. The Bertz CT molecular complexity index is 876. The van der Waals surface area contributed by atoms with Crippen molar-refractivity contribution in [1.29, 1.82) is 0 Å². The van der Waals surface area contributed by atoms with Gasteiger partial charge in [-0.1, -0.05) is 6.07 Å². The predicted molar refractivity (Wildman–Crippen MR) is 103 cm³/mol. The fourth-order valence-electron chi connectivity index (χ4n) is 3.96. The minimum atomic E-state index is -0.489. The summed E-state index contributed by atoms with van der Waals surface area (Å²) < 4.78 is 5.64. The van der Waals surface area contributed by atoms with Crippen molar-refractivity contribution in [1.82, 2.24) is 20.5 Å². The van der Waals surface area contributed by atoms with E-state index in [1.807, 2.05) is 30.2 Å². The van der Waals surface area contributed by atoms with E-state index in [1.165, 1.54) is 11.3 Å². The van der Waals surface area contributed by atoms with E-state index in [4.69, 9.17) is 4.42 Å². The molecule has 1 atom stereocenters. The Hall–Kier alpha value is -2.67. The third kappa shape index (κ3) is 4.25. The van der Waals surface area contributed by atoms with E-state index in [9.17, 15) is 9.59 Å². The summed E-state index contributed by atoms with van der Waals surface area (Å²) in [5, 5.41) is 5.80. The number of nitrogens with zero attached hydrogens (tertiary/aromatic N) is 2. The molecule has 2 N–H and O–H groups in total. The zero-order valence-electron chi connectivity index (χ0n) is 16.2. The standard InChI is InChI=1S/C21H26N4O3/c1-14-5-6-17(28-14)13-25-8-7-22-21(27)19(25)10-20(26)24-12-15-9-16-3-2-4-18(16)23-11-15/h5-6,9,11,19H,2-4,7-8,10,12-13H2,1H3,(H,22,27)(H,24,26)/t19-/m1/s1. The predicted octanol–water partition coefficient (Wildman–Crippen LogP) is 1.48. The van der Waals surface area contributed by atoms with Crippen molar-refractivity contribution in [3.8, 4) is 0 Å². The molecule has 7 heteroatoms. The number of hydrogen-bond donors (Lipinski definition) is 2. The lowest BCUT2D eigenvalue weighted by molar-refractivity contribution is -0.134. The van der Waals surface area contributed by atoms with Gasteiger partial charge in [0.1, 0.15) is 11.5 Å². The van der Waals surface area contributed by atoms with E-state index in [-0.39, 0.29) is 18.2 Å². The Morgan fingerprint density at radius 1 is 1.39 bits per heavy atom. The molecule has 0 saturated carbocycles. The van der Waals surface area contributed by atoms with Crippen LogP contribution in [0.25, 0.3) is 0 Å². The molecule has 2 aliphatic rings. The van der Waals surface area contributed by atoms with Gasteiger partial charge in [0.15, 0.2) is 0 Å². The van der Waals surface area contributed by atoms with Crippen LogP contribution < -0.4 is 10.6 Å². The van der Waals surface area contributed by atoms with Crippen LogP contribution in [0.3, 0.4) is 0 Å². The molecule has 4 rings (SSSR count). The minimum Gasteiger partial charge on any atom is -0.465 e. The monoisotopic (exact) mass is 382 g/mol. The number of fused-ring (bicyclic) bond motifs is 1. The fourth-order valence-corrected chi connectivity index (χ4v) is 3.96. The highest BCUT2D eigenvalue weighted by molar-refractivity contribution is 5.88. The maximum Gasteiger partial charge on any atom is 0.237 e. The molecular formula is C21H26N4O3. The molecule has 0 aromatic carbocycles. The van der Waals surface area contributed by atoms with E-state index in [1.54, 1.807) is 0 Å². The van der Waals surface area contributed by atoms with Gasteiger partial charge < -0.3 is 15.1 Å². The first kappa shape index (κ1) is 18.7. The number of hydrogen-bond acceptors (Lipinski definition) is 5. The van der Waals surface area contributed by atoms with Crippen LogP contribution in [0.1, 0.15) is 41.2 Å². The van der Waals surface area contributed by atoms with Crippen LogP contribution in [0.2, 0.25) is 0 Å². The van der Waals surface area contributed by atoms with Crippen LogP contribution in [-0.2, 0) is 35.5 Å². The third-order valence-electron chi connectivity index (χ3n) is 5.44. The number of furan rings is 1. The van der Waals surface area contributed by atoms with E-state index < -0.39 is 6.04 Å². The molecule has 3 heterocycles. The fraction of sp³-hybridized carbons (Fsp3) is 0.476. The molecule has 1 aliphatic carbocycles. The first-order valence-corrected chi connectivity index (χ1v) is 9.89. The van der Waals surface area contributed by atoms with Gasteiger partial charge in [-0.05, 0) is 49.4 Å². The molecule has 7 nitrogen and oxygen atoms in total. The topological polar surface area (TPSA) is 87.5 Å². The molecule has 0 bridgehead atoms. The molecule has 0 unspecified atom stereocenters. The molecule has 0 spiro atoms. The first-order valence-electron chi connectivity index (χ1n) is 9.89. The molecule has 1 saturated heterocycles. The molecule has 1 aliphatic heterocycles. The maximum absolute atomic E-state index is 12.5. The van der Waals surface area contributed by atoms with Crippen LogP contribution >= 0.6 is 0 Å². The van der Waals surface area contributed by atoms with Crippen molar-refractivity contribution in [2.75, 3.05) is 13.1 Å². The van der Waals surface area contributed by atoms with Crippen molar-refractivity contribution in [3.05, 3.63) is 52.7 Å². The molecule has 2 aromatic heterocycles. The molecule has 0 radical (unpaired) electrons. The summed E-state index contributed by atoms with van der Waals surface area (Å²) >= 11 is 0. The van der Waals surface area contributed by atoms with E-state index >= 15 is 0 Å². The number of carbonyl (C=O) groups is 2. The van der Waals surface area contributed by atoms with Gasteiger partial charge in [-0.15, -0.1) is 0 Å². The number of rotatable bonds is 6. The SMILES string of the molecule is Cc1ccc(CN2CCNC(=O)[C@H]2CC(=O)NCc2cnc3c(c2)CCC3)o1. The number of carbonyl (C=O) groups excluding carboxylic acids is 2. The summed E-state index contributed by atoms with van der Waals surface area (Å²) in [6.45, 7) is 4.12. The first-order chi connectivity index (χ1) is 13.6. The molecule has 2 amide bonds. The lowest BCUT2D eigenvalue weighted by Gasteiger charge is -2.34. The number of aryl methyl sites for hydroxylation is 3. The van der Waals surface area contributed by atoms with Gasteiger partial charge in [0.2, 0.25) is 11.8 Å². The Labute approximate surface area is 164 Å². The second-order valence-electron chi connectivity index (χ2n) is 7.57. The lowest BCUT2D eigenvalue weighted by atomic mass is 10.1. The van der Waals surface area contributed by atoms with Crippen LogP contribution in [0, 0.1) is 6.92 Å². The van der Waals surface area contributed by atoms with Crippen molar-refractivity contribution >= 4 is 11.8 Å². The van der Waals surface area contributed by atoms with Gasteiger partial charge >= 0.3 is 0 Å². The second kappa shape index (κ2) is 8.14. The van der Waals surface area contributed by atoms with Crippen LogP contribution in [0.5, 0.6) is 0 Å². The second-order valence-corrected chi connectivity index (χ2v) is 7.57. The summed E-state index contributed by atoms with van der Waals surface area (Å²) in [7, 11) is 0. The number of aromatic nitrogens is 1. The Morgan fingerprint density at radius 3 is 3.11 bits per heavy atom. The largest absolute Gasteiger partial charge is 0.465 e. The van der Waals surface area contributed by atoms with Crippen molar-refractivity contribution in [2.24, 2.45) is 0 Å². The minimum absolute atomic E-state index is 0.108. The highest BCUT2D eigenvalue weighted by Gasteiger charge is 2.32. The summed E-state index contributed by atoms with van der Waals surface area (Å²) in [4.78, 5) is 31.4. The number of piperazine rings is 1. The Kier molecular flexibility index (Phi) is 5.43. The van der Waals surface area contributed by atoms with Gasteiger partial charge in [0.25, 0.3) is 0 Å². The summed E-state index contributed by atoms with van der Waals surface area (Å²) in [5.41, 5.74) is 3.47. The van der Waals surface area contributed by atoms with Gasteiger partial charge in [-0.25, -0.2) is 0 Å². The smallest absolute Gasteiger partial charge is 0.237 e. The summed E-state index contributed by atoms with van der Waals surface area (Å²) in [6.07, 6.45) is 5.23. The number of nitrogens with one attached hydrogen (secondary N) is 2. The molecule has 2 aromatic rings. The Balaban J connectivity index is 1.35. The summed E-state index contributed by atoms with van der Waals surface area (Å²) in [5.74, 6) is 1.41. The van der Waals surface area contributed by atoms with Crippen molar-refractivity contribution < 1.29 is 14.0 Å².